The van der Waals surface area contributed by atoms with Crippen LogP contribution in [-0.2, 0) is 19.3 Å². The van der Waals surface area contributed by atoms with Gasteiger partial charge in [0.2, 0.25) is 0 Å². The van der Waals surface area contributed by atoms with Crippen molar-refractivity contribution >= 4 is 11.9 Å². The second kappa shape index (κ2) is 8.21. The van der Waals surface area contributed by atoms with E-state index in [1.165, 1.54) is 0 Å². The zero-order chi connectivity index (χ0) is 21.1. The van der Waals surface area contributed by atoms with Crippen molar-refractivity contribution in [2.75, 3.05) is 0 Å². The third-order valence-corrected chi connectivity index (χ3v) is 3.31. The molecular weight excluding hydrogens is 336 g/mol. The van der Waals surface area contributed by atoms with Crippen LogP contribution in [0.15, 0.2) is 0 Å². The molecule has 0 spiro atoms. The Morgan fingerprint density at radius 3 is 0.885 bits per heavy atom. The van der Waals surface area contributed by atoms with Crippen molar-refractivity contribution in [1.82, 2.24) is 21.2 Å². The quantitative estimate of drug-likeness (QED) is 0.574. The molecule has 26 heavy (non-hydrogen) atoms. The van der Waals surface area contributed by atoms with Gasteiger partial charge in [0, 0.05) is 22.2 Å². The second-order valence-corrected chi connectivity index (χ2v) is 10.3. The lowest BCUT2D eigenvalue weighted by Gasteiger charge is -2.44. The van der Waals surface area contributed by atoms with Gasteiger partial charge < -0.3 is 9.68 Å². The first-order valence-corrected chi connectivity index (χ1v) is 8.82. The fraction of sp³-hybridized carbons (Fsp3) is 0.889. The predicted molar refractivity (Wildman–Crippen MR) is 101 cm³/mol. The maximum absolute atomic E-state index is 12.0. The molecule has 0 saturated heterocycles. The molecule has 0 aromatic rings. The summed E-state index contributed by atoms with van der Waals surface area (Å²) >= 11 is 0. The van der Waals surface area contributed by atoms with E-state index in [2.05, 4.69) is 11.2 Å². The number of hydrogen-bond acceptors (Lipinski definition) is 8. The lowest BCUT2D eigenvalue weighted by atomic mass is 9.99. The second-order valence-electron chi connectivity index (χ2n) is 10.3. The van der Waals surface area contributed by atoms with Gasteiger partial charge in [0.25, 0.3) is 0 Å². The molecule has 0 rings (SSSR count). The first-order chi connectivity index (χ1) is 11.3. The van der Waals surface area contributed by atoms with Crippen LogP contribution in [0.5, 0.6) is 0 Å². The number of hydrazine groups is 2. The average Bonchev–Trinajstić information content (AvgIpc) is 2.31. The Morgan fingerprint density at radius 2 is 0.731 bits per heavy atom. The van der Waals surface area contributed by atoms with Crippen LogP contribution >= 0.6 is 0 Å². The van der Waals surface area contributed by atoms with E-state index in [9.17, 15) is 9.59 Å². The summed E-state index contributed by atoms with van der Waals surface area (Å²) in [4.78, 5) is 33.8. The van der Waals surface area contributed by atoms with Gasteiger partial charge in [0.1, 0.15) is 0 Å². The van der Waals surface area contributed by atoms with E-state index >= 15 is 0 Å². The molecule has 0 aromatic carbocycles. The van der Waals surface area contributed by atoms with E-state index in [0.29, 0.717) is 0 Å². The number of nitrogens with one attached hydrogen (secondary N) is 2. The van der Waals surface area contributed by atoms with Crippen molar-refractivity contribution in [2.45, 2.75) is 105 Å². The molecule has 0 aliphatic carbocycles. The summed E-state index contributed by atoms with van der Waals surface area (Å²) < 4.78 is 0. The highest BCUT2D eigenvalue weighted by molar-refractivity contribution is 6.29. The SMILES string of the molecule is CC(C)(C)N(NOC(=O)C(=O)ONN(C(C)(C)C)C(C)(C)C)C(C)(C)C. The molecule has 0 radical (unpaired) electrons. The molecule has 0 amide bonds. The molecular formula is C18H38N4O4. The van der Waals surface area contributed by atoms with Crippen molar-refractivity contribution in [3.05, 3.63) is 0 Å². The largest absolute Gasteiger partial charge is 0.439 e. The molecule has 0 saturated carbocycles. The van der Waals surface area contributed by atoms with Crippen molar-refractivity contribution in [2.24, 2.45) is 0 Å². The van der Waals surface area contributed by atoms with E-state index in [4.69, 9.17) is 9.68 Å². The Kier molecular flexibility index (Phi) is 7.82. The topological polar surface area (TPSA) is 83.1 Å². The zero-order valence-corrected chi connectivity index (χ0v) is 18.5. The van der Waals surface area contributed by atoms with Gasteiger partial charge in [-0.15, -0.1) is 0 Å². The number of nitrogens with zero attached hydrogens (tertiary/aromatic N) is 2. The van der Waals surface area contributed by atoms with Gasteiger partial charge in [0.05, 0.1) is 0 Å². The first kappa shape index (κ1) is 24.8. The van der Waals surface area contributed by atoms with Gasteiger partial charge in [-0.1, -0.05) is 11.2 Å². The van der Waals surface area contributed by atoms with Crippen LogP contribution in [0, 0.1) is 0 Å². The Bertz CT molecular complexity index is 419. The smallest absolute Gasteiger partial charge is 0.346 e. The first-order valence-electron chi connectivity index (χ1n) is 8.82. The van der Waals surface area contributed by atoms with Crippen LogP contribution in [0.3, 0.4) is 0 Å². The van der Waals surface area contributed by atoms with Crippen LogP contribution in [0.1, 0.15) is 83.1 Å². The maximum Gasteiger partial charge on any atom is 0.439 e. The number of carbonyl (C=O) groups excluding carboxylic acids is 2. The number of hydrogen-bond donors (Lipinski definition) is 2. The molecule has 0 heterocycles. The van der Waals surface area contributed by atoms with E-state index < -0.39 is 11.9 Å². The minimum Gasteiger partial charge on any atom is -0.346 e. The summed E-state index contributed by atoms with van der Waals surface area (Å²) in [5, 5.41) is 3.49. The summed E-state index contributed by atoms with van der Waals surface area (Å²) in [5.41, 5.74) is 3.79. The van der Waals surface area contributed by atoms with Gasteiger partial charge in [0.15, 0.2) is 0 Å². The fourth-order valence-electron chi connectivity index (χ4n) is 2.82. The van der Waals surface area contributed by atoms with E-state index in [-0.39, 0.29) is 22.2 Å². The summed E-state index contributed by atoms with van der Waals surface area (Å²) in [6.45, 7) is 23.5. The van der Waals surface area contributed by atoms with Crippen molar-refractivity contribution < 1.29 is 19.3 Å². The number of rotatable bonds is 4. The summed E-state index contributed by atoms with van der Waals surface area (Å²) in [5.74, 6) is -2.28. The van der Waals surface area contributed by atoms with Gasteiger partial charge in [-0.2, -0.15) is 0 Å². The molecule has 0 atom stereocenters. The Labute approximate surface area is 158 Å². The minimum atomic E-state index is -1.14. The third-order valence-electron chi connectivity index (χ3n) is 3.31. The van der Waals surface area contributed by atoms with Gasteiger partial charge in [-0.25, -0.2) is 19.6 Å². The Morgan fingerprint density at radius 1 is 0.538 bits per heavy atom. The van der Waals surface area contributed by atoms with Crippen molar-refractivity contribution in [1.29, 1.82) is 0 Å². The summed E-state index contributed by atoms with van der Waals surface area (Å²) in [7, 11) is 0. The molecule has 0 aliphatic heterocycles. The lowest BCUT2D eigenvalue weighted by Crippen LogP contribution is -2.61. The Balaban J connectivity index is 4.86. The molecule has 154 valence electrons. The van der Waals surface area contributed by atoms with Crippen LogP contribution in [-0.4, -0.2) is 44.1 Å². The maximum atomic E-state index is 12.0. The summed E-state index contributed by atoms with van der Waals surface area (Å²) in [6.07, 6.45) is 0. The molecule has 0 unspecified atom stereocenters. The van der Waals surface area contributed by atoms with Gasteiger partial charge in [-0.3, -0.25) is 0 Å². The highest BCUT2D eigenvalue weighted by Crippen LogP contribution is 2.23. The minimum absolute atomic E-state index is 0.337. The fourth-order valence-corrected chi connectivity index (χ4v) is 2.82. The molecule has 0 aromatic heterocycles. The molecule has 0 fully saturated rings. The van der Waals surface area contributed by atoms with E-state index in [0.717, 1.165) is 0 Å². The normalized spacial score (nSPS) is 13.9. The summed E-state index contributed by atoms with van der Waals surface area (Å²) in [6, 6.07) is 0. The van der Waals surface area contributed by atoms with Crippen LogP contribution < -0.4 is 11.2 Å². The molecule has 0 aliphatic rings. The highest BCUT2D eigenvalue weighted by atomic mass is 16.8. The number of carbonyl (C=O) groups is 2. The monoisotopic (exact) mass is 374 g/mol. The zero-order valence-electron chi connectivity index (χ0n) is 18.5. The van der Waals surface area contributed by atoms with E-state index in [1.54, 1.807) is 10.0 Å². The van der Waals surface area contributed by atoms with Crippen molar-refractivity contribution in [3.63, 3.8) is 0 Å². The van der Waals surface area contributed by atoms with Crippen LogP contribution in [0.2, 0.25) is 0 Å². The standard InChI is InChI=1S/C18H38N4O4/c1-15(2,3)21(16(4,5)6)19-25-13(23)14(24)26-20-22(17(7,8)9)18(10,11)12/h19-20H,1-12H3. The van der Waals surface area contributed by atoms with Gasteiger partial charge >= 0.3 is 11.9 Å². The third kappa shape index (κ3) is 7.99. The molecule has 8 nitrogen and oxygen atoms in total. The molecule has 0 bridgehead atoms. The van der Waals surface area contributed by atoms with Crippen LogP contribution in [0.4, 0.5) is 0 Å². The highest BCUT2D eigenvalue weighted by Gasteiger charge is 2.35. The molecule has 8 heteroatoms. The van der Waals surface area contributed by atoms with Crippen molar-refractivity contribution in [3.8, 4) is 0 Å². The van der Waals surface area contributed by atoms with E-state index in [1.807, 2.05) is 83.1 Å². The predicted octanol–water partition coefficient (Wildman–Crippen LogP) is 2.71. The average molecular weight is 375 g/mol. The molecule has 2 N–H and O–H groups in total. The van der Waals surface area contributed by atoms with Crippen LogP contribution in [0.25, 0.3) is 0 Å². The Hall–Kier alpha value is -1.22. The van der Waals surface area contributed by atoms with Gasteiger partial charge in [-0.05, 0) is 83.1 Å². The lowest BCUT2D eigenvalue weighted by molar-refractivity contribution is -0.209.